The highest BCUT2D eigenvalue weighted by atomic mass is 32.2. The number of methoxy groups -OCH3 is 1. The van der Waals surface area contributed by atoms with Crippen LogP contribution in [0.15, 0.2) is 29.2 Å². The van der Waals surface area contributed by atoms with E-state index in [4.69, 9.17) is 4.74 Å². The SMILES string of the molecule is COC1(CNS(=O)(=O)c2ccc(C(F)(F)F)cc2)C2CC3CC(C2)CC1C3. The summed E-state index contributed by atoms with van der Waals surface area (Å²) in [5.41, 5.74) is -1.37. The molecule has 8 heteroatoms. The maximum Gasteiger partial charge on any atom is 0.416 e. The number of rotatable bonds is 5. The molecule has 150 valence electrons. The third kappa shape index (κ3) is 3.29. The third-order valence-electron chi connectivity index (χ3n) is 6.93. The number of sulfonamides is 1. The van der Waals surface area contributed by atoms with Gasteiger partial charge in [0, 0.05) is 13.7 Å². The predicted molar refractivity (Wildman–Crippen MR) is 93.4 cm³/mol. The summed E-state index contributed by atoms with van der Waals surface area (Å²) in [5.74, 6) is 2.13. The maximum absolute atomic E-state index is 12.7. The molecule has 0 unspecified atom stereocenters. The second-order valence-corrected chi connectivity index (χ2v) is 10.1. The van der Waals surface area contributed by atoms with Crippen LogP contribution in [0.5, 0.6) is 0 Å². The van der Waals surface area contributed by atoms with Crippen molar-refractivity contribution in [1.29, 1.82) is 0 Å². The molecule has 4 aliphatic carbocycles. The highest BCUT2D eigenvalue weighted by molar-refractivity contribution is 7.89. The van der Waals surface area contributed by atoms with E-state index < -0.39 is 27.4 Å². The van der Waals surface area contributed by atoms with Gasteiger partial charge in [-0.2, -0.15) is 13.2 Å². The Morgan fingerprint density at radius 3 is 2.00 bits per heavy atom. The van der Waals surface area contributed by atoms with E-state index in [1.54, 1.807) is 7.11 Å². The molecule has 4 saturated carbocycles. The molecule has 4 aliphatic rings. The van der Waals surface area contributed by atoms with Gasteiger partial charge in [0.1, 0.15) is 0 Å². The van der Waals surface area contributed by atoms with Gasteiger partial charge >= 0.3 is 6.18 Å². The molecule has 4 bridgehead atoms. The summed E-state index contributed by atoms with van der Waals surface area (Å²) in [6, 6.07) is 3.59. The van der Waals surface area contributed by atoms with E-state index in [2.05, 4.69) is 4.72 Å². The number of hydrogen-bond acceptors (Lipinski definition) is 3. The summed E-state index contributed by atoms with van der Waals surface area (Å²) in [6.07, 6.45) is 1.08. The molecule has 0 spiro atoms. The van der Waals surface area contributed by atoms with E-state index in [-0.39, 0.29) is 11.4 Å². The van der Waals surface area contributed by atoms with Crippen molar-refractivity contribution in [3.8, 4) is 0 Å². The van der Waals surface area contributed by atoms with Crippen LogP contribution in [0.4, 0.5) is 13.2 Å². The van der Waals surface area contributed by atoms with E-state index in [1.165, 1.54) is 6.42 Å². The van der Waals surface area contributed by atoms with Gasteiger partial charge in [0.2, 0.25) is 10.0 Å². The first-order chi connectivity index (χ1) is 12.6. The summed E-state index contributed by atoms with van der Waals surface area (Å²) in [6.45, 7) is 0.168. The quantitative estimate of drug-likeness (QED) is 0.813. The maximum atomic E-state index is 12.7. The molecule has 4 nitrogen and oxygen atoms in total. The van der Waals surface area contributed by atoms with Crippen LogP contribution in [0.25, 0.3) is 0 Å². The van der Waals surface area contributed by atoms with Gasteiger partial charge in [-0.1, -0.05) is 0 Å². The number of ether oxygens (including phenoxy) is 1. The molecule has 5 rings (SSSR count). The molecular weight excluding hydrogens is 379 g/mol. The second-order valence-electron chi connectivity index (χ2n) is 8.31. The predicted octanol–water partition coefficient (Wildman–Crippen LogP) is 3.83. The zero-order valence-electron chi connectivity index (χ0n) is 15.1. The monoisotopic (exact) mass is 403 g/mol. The first-order valence-electron chi connectivity index (χ1n) is 9.36. The van der Waals surface area contributed by atoms with Gasteiger partial charge in [0.05, 0.1) is 16.1 Å². The Morgan fingerprint density at radius 2 is 1.56 bits per heavy atom. The first-order valence-corrected chi connectivity index (χ1v) is 10.8. The lowest BCUT2D eigenvalue weighted by Gasteiger charge is -2.60. The highest BCUT2D eigenvalue weighted by Gasteiger charge is 2.57. The Kier molecular flexibility index (Phi) is 4.59. The summed E-state index contributed by atoms with van der Waals surface area (Å²) in [5, 5.41) is 0. The van der Waals surface area contributed by atoms with Crippen LogP contribution in [0.3, 0.4) is 0 Å². The molecule has 0 amide bonds. The van der Waals surface area contributed by atoms with Gasteiger partial charge in [0.15, 0.2) is 0 Å². The standard InChI is InChI=1S/C19H24F3NO3S/c1-26-18(15-7-12-6-13(9-15)10-16(18)8-12)11-23-27(24,25)17-4-2-14(3-5-17)19(20,21)22/h2-5,12-13,15-16,23H,6-11H2,1H3. The minimum absolute atomic E-state index is 0.162. The van der Waals surface area contributed by atoms with Gasteiger partial charge in [0.25, 0.3) is 0 Å². The number of benzene rings is 1. The fourth-order valence-corrected chi connectivity index (χ4v) is 6.87. The van der Waals surface area contributed by atoms with Gasteiger partial charge in [-0.25, -0.2) is 13.1 Å². The van der Waals surface area contributed by atoms with Gasteiger partial charge in [-0.15, -0.1) is 0 Å². The smallest absolute Gasteiger partial charge is 0.376 e. The highest BCUT2D eigenvalue weighted by Crippen LogP contribution is 2.59. The minimum Gasteiger partial charge on any atom is -0.376 e. The fourth-order valence-electron chi connectivity index (χ4n) is 5.79. The van der Waals surface area contributed by atoms with Crippen molar-refractivity contribution in [1.82, 2.24) is 4.72 Å². The van der Waals surface area contributed by atoms with Crippen LogP contribution >= 0.6 is 0 Å². The van der Waals surface area contributed by atoms with Gasteiger partial charge in [-0.05, 0) is 80.0 Å². The molecule has 0 aromatic heterocycles. The first kappa shape index (κ1) is 19.2. The van der Waals surface area contributed by atoms with Crippen molar-refractivity contribution in [2.24, 2.45) is 23.7 Å². The van der Waals surface area contributed by atoms with Crippen molar-refractivity contribution < 1.29 is 26.3 Å². The number of halogens is 3. The second kappa shape index (κ2) is 6.46. The van der Waals surface area contributed by atoms with E-state index in [0.717, 1.165) is 61.8 Å². The molecule has 0 aliphatic heterocycles. The molecule has 1 N–H and O–H groups in total. The summed E-state index contributed by atoms with van der Waals surface area (Å²) in [4.78, 5) is -0.162. The Balaban J connectivity index is 1.51. The van der Waals surface area contributed by atoms with Gasteiger partial charge in [-0.3, -0.25) is 0 Å². The van der Waals surface area contributed by atoms with Gasteiger partial charge < -0.3 is 4.74 Å². The normalized spacial score (nSPS) is 35.6. The van der Waals surface area contributed by atoms with Crippen LogP contribution in [0.2, 0.25) is 0 Å². The average Bonchev–Trinajstić information content (AvgIpc) is 2.61. The Hall–Kier alpha value is -1.12. The van der Waals surface area contributed by atoms with Crippen molar-refractivity contribution in [2.75, 3.05) is 13.7 Å². The number of hydrogen-bond donors (Lipinski definition) is 1. The molecular formula is C19H24F3NO3S. The summed E-state index contributed by atoms with van der Waals surface area (Å²) in [7, 11) is -2.25. The van der Waals surface area contributed by atoms with Crippen molar-refractivity contribution in [3.63, 3.8) is 0 Å². The number of alkyl halides is 3. The molecule has 1 aromatic rings. The van der Waals surface area contributed by atoms with Crippen LogP contribution < -0.4 is 4.72 Å². The molecule has 0 saturated heterocycles. The average molecular weight is 403 g/mol. The largest absolute Gasteiger partial charge is 0.416 e. The lowest BCUT2D eigenvalue weighted by Crippen LogP contribution is -2.63. The van der Waals surface area contributed by atoms with E-state index in [1.807, 2.05) is 0 Å². The Bertz CT molecular complexity index is 776. The zero-order chi connectivity index (χ0) is 19.4. The molecule has 4 fully saturated rings. The van der Waals surface area contributed by atoms with Crippen LogP contribution in [-0.2, 0) is 20.9 Å². The number of nitrogens with one attached hydrogen (secondary N) is 1. The van der Waals surface area contributed by atoms with E-state index in [9.17, 15) is 21.6 Å². The lowest BCUT2D eigenvalue weighted by atomic mass is 9.50. The van der Waals surface area contributed by atoms with E-state index >= 15 is 0 Å². The van der Waals surface area contributed by atoms with E-state index in [0.29, 0.717) is 11.8 Å². The zero-order valence-corrected chi connectivity index (χ0v) is 15.9. The molecule has 0 radical (unpaired) electrons. The summed E-state index contributed by atoms with van der Waals surface area (Å²) < 4.78 is 71.9. The topological polar surface area (TPSA) is 55.4 Å². The molecule has 1 aromatic carbocycles. The molecule has 0 heterocycles. The molecule has 0 atom stereocenters. The van der Waals surface area contributed by atoms with Crippen molar-refractivity contribution in [2.45, 2.75) is 48.8 Å². The van der Waals surface area contributed by atoms with Crippen LogP contribution in [0.1, 0.15) is 37.7 Å². The molecule has 27 heavy (non-hydrogen) atoms. The van der Waals surface area contributed by atoms with Crippen LogP contribution in [0, 0.1) is 23.7 Å². The lowest BCUT2D eigenvalue weighted by molar-refractivity contribution is -0.185. The van der Waals surface area contributed by atoms with Crippen LogP contribution in [-0.4, -0.2) is 27.7 Å². The Morgan fingerprint density at radius 1 is 1.04 bits per heavy atom. The third-order valence-corrected chi connectivity index (χ3v) is 8.35. The Labute approximate surface area is 157 Å². The van der Waals surface area contributed by atoms with Crippen molar-refractivity contribution >= 4 is 10.0 Å². The fraction of sp³-hybridized carbons (Fsp3) is 0.684. The minimum atomic E-state index is -4.49. The summed E-state index contributed by atoms with van der Waals surface area (Å²) >= 11 is 0. The van der Waals surface area contributed by atoms with Crippen molar-refractivity contribution in [3.05, 3.63) is 29.8 Å².